The molecule has 2 aliphatic rings. The summed E-state index contributed by atoms with van der Waals surface area (Å²) in [6.45, 7) is 2.76. The summed E-state index contributed by atoms with van der Waals surface area (Å²) in [4.78, 5) is 36.4. The predicted molar refractivity (Wildman–Crippen MR) is 133 cm³/mol. The number of unbranched alkanes of at least 4 members (excludes halogenated alkanes) is 1. The Kier molecular flexibility index (Phi) is 7.73. The second-order valence-electron chi connectivity index (χ2n) is 9.83. The molecule has 7 heteroatoms. The Bertz CT molecular complexity index is 1030. The van der Waals surface area contributed by atoms with E-state index in [1.165, 1.54) is 22.3 Å². The third kappa shape index (κ3) is 5.66. The van der Waals surface area contributed by atoms with Crippen LogP contribution in [0.3, 0.4) is 0 Å². The summed E-state index contributed by atoms with van der Waals surface area (Å²) in [5, 5.41) is 15.2. The van der Waals surface area contributed by atoms with Crippen molar-refractivity contribution in [2.45, 2.75) is 63.3 Å². The van der Waals surface area contributed by atoms with Gasteiger partial charge in [-0.1, -0.05) is 55.5 Å². The van der Waals surface area contributed by atoms with Crippen LogP contribution in [0.1, 0.15) is 68.9 Å². The first kappa shape index (κ1) is 24.8. The molecule has 0 radical (unpaired) electrons. The normalized spacial score (nSPS) is 21.0. The van der Waals surface area contributed by atoms with Gasteiger partial charge in [-0.3, -0.25) is 4.79 Å². The average Bonchev–Trinajstić information content (AvgIpc) is 3.17. The van der Waals surface area contributed by atoms with Crippen molar-refractivity contribution in [2.75, 3.05) is 13.2 Å². The average molecular weight is 479 g/mol. The van der Waals surface area contributed by atoms with Crippen LogP contribution in [-0.2, 0) is 14.3 Å². The number of carbonyl (C=O) groups is 3. The van der Waals surface area contributed by atoms with Gasteiger partial charge in [-0.05, 0) is 66.7 Å². The van der Waals surface area contributed by atoms with E-state index in [-0.39, 0.29) is 24.9 Å². The molecule has 35 heavy (non-hydrogen) atoms. The maximum Gasteiger partial charge on any atom is 0.407 e. The van der Waals surface area contributed by atoms with Gasteiger partial charge in [-0.2, -0.15) is 0 Å². The minimum atomic E-state index is -1.14. The number of alkyl carbamates (subject to hydrolysis) is 1. The lowest BCUT2D eigenvalue weighted by atomic mass is 9.77. The number of nitrogens with one attached hydrogen (secondary N) is 2. The third-order valence-corrected chi connectivity index (χ3v) is 7.36. The molecule has 2 aromatic carbocycles. The highest BCUT2D eigenvalue weighted by Gasteiger charge is 2.42. The molecule has 0 bridgehead atoms. The summed E-state index contributed by atoms with van der Waals surface area (Å²) in [6.07, 6.45) is 3.47. The van der Waals surface area contributed by atoms with Crippen molar-refractivity contribution < 1.29 is 24.2 Å². The van der Waals surface area contributed by atoms with Gasteiger partial charge in [-0.25, -0.2) is 9.59 Å². The number of carbonyl (C=O) groups excluding carboxylic acids is 2. The van der Waals surface area contributed by atoms with Gasteiger partial charge in [0, 0.05) is 18.9 Å². The Morgan fingerprint density at radius 3 is 2.17 bits per heavy atom. The minimum Gasteiger partial charge on any atom is -0.480 e. The van der Waals surface area contributed by atoms with Crippen LogP contribution in [0.4, 0.5) is 4.79 Å². The summed E-state index contributed by atoms with van der Waals surface area (Å²) in [5.41, 5.74) is 3.56. The standard InChI is InChI=1S/C28H34N2O5/c1-19-13-15-28(16-14-19,26(32)33)30-25(31)12-6-7-17-29-27(34)35-18-24-22-10-4-2-8-20(22)21-9-3-5-11-23(21)24/h2-5,8-11,19,24H,6-7,12-18H2,1H3,(H,29,34)(H,30,31)(H,32,33). The van der Waals surface area contributed by atoms with Gasteiger partial charge < -0.3 is 20.5 Å². The van der Waals surface area contributed by atoms with Crippen molar-refractivity contribution in [1.29, 1.82) is 0 Å². The van der Waals surface area contributed by atoms with E-state index in [0.717, 1.165) is 12.8 Å². The molecular formula is C28H34N2O5. The van der Waals surface area contributed by atoms with Gasteiger partial charge in [0.15, 0.2) is 0 Å². The van der Waals surface area contributed by atoms with Crippen molar-refractivity contribution in [2.24, 2.45) is 5.92 Å². The smallest absolute Gasteiger partial charge is 0.407 e. The number of aliphatic carboxylic acids is 1. The Hall–Kier alpha value is -3.35. The van der Waals surface area contributed by atoms with Crippen molar-refractivity contribution in [3.8, 4) is 11.1 Å². The number of fused-ring (bicyclic) bond motifs is 3. The Balaban J connectivity index is 1.17. The molecule has 1 saturated carbocycles. The molecule has 0 heterocycles. The summed E-state index contributed by atoms with van der Waals surface area (Å²) < 4.78 is 5.52. The van der Waals surface area contributed by atoms with Gasteiger partial charge in [-0.15, -0.1) is 0 Å². The lowest BCUT2D eigenvalue weighted by molar-refractivity contribution is -0.149. The highest BCUT2D eigenvalue weighted by molar-refractivity contribution is 5.87. The van der Waals surface area contributed by atoms with Crippen LogP contribution in [0.5, 0.6) is 0 Å². The molecule has 2 aliphatic carbocycles. The minimum absolute atomic E-state index is 0.0150. The van der Waals surface area contributed by atoms with Crippen LogP contribution in [0.15, 0.2) is 48.5 Å². The molecule has 0 saturated heterocycles. The van der Waals surface area contributed by atoms with Gasteiger partial charge in [0.1, 0.15) is 12.1 Å². The molecule has 186 valence electrons. The lowest BCUT2D eigenvalue weighted by Crippen LogP contribution is -2.56. The van der Waals surface area contributed by atoms with E-state index in [1.807, 2.05) is 24.3 Å². The maximum absolute atomic E-state index is 12.4. The summed E-state index contributed by atoms with van der Waals surface area (Å²) >= 11 is 0. The largest absolute Gasteiger partial charge is 0.480 e. The number of rotatable bonds is 9. The number of hydrogen-bond donors (Lipinski definition) is 3. The molecule has 0 atom stereocenters. The van der Waals surface area contributed by atoms with Crippen molar-refractivity contribution in [3.05, 3.63) is 59.7 Å². The number of carboxylic acids is 1. The Labute approximate surface area is 206 Å². The van der Waals surface area contributed by atoms with Gasteiger partial charge in [0.25, 0.3) is 0 Å². The highest BCUT2D eigenvalue weighted by Crippen LogP contribution is 2.44. The fourth-order valence-corrected chi connectivity index (χ4v) is 5.23. The van der Waals surface area contributed by atoms with Gasteiger partial charge in [0.05, 0.1) is 0 Å². The quantitative estimate of drug-likeness (QED) is 0.447. The number of amides is 2. The first-order valence-electron chi connectivity index (χ1n) is 12.5. The molecule has 2 aromatic rings. The SMILES string of the molecule is CC1CCC(NC(=O)CCCCNC(=O)OCC2c3ccccc3-c3ccccc32)(C(=O)O)CC1. The zero-order chi connectivity index (χ0) is 24.8. The van der Waals surface area contributed by atoms with E-state index in [1.54, 1.807) is 0 Å². The molecule has 0 unspecified atom stereocenters. The van der Waals surface area contributed by atoms with E-state index in [0.29, 0.717) is 38.1 Å². The van der Waals surface area contributed by atoms with Crippen molar-refractivity contribution in [1.82, 2.24) is 10.6 Å². The predicted octanol–water partition coefficient (Wildman–Crippen LogP) is 4.85. The van der Waals surface area contributed by atoms with Gasteiger partial charge >= 0.3 is 12.1 Å². The van der Waals surface area contributed by atoms with Crippen LogP contribution in [0, 0.1) is 5.92 Å². The first-order valence-corrected chi connectivity index (χ1v) is 12.5. The zero-order valence-corrected chi connectivity index (χ0v) is 20.2. The molecular weight excluding hydrogens is 444 g/mol. The van der Waals surface area contributed by atoms with Crippen LogP contribution in [0.2, 0.25) is 0 Å². The molecule has 3 N–H and O–H groups in total. The van der Waals surface area contributed by atoms with Crippen LogP contribution in [0.25, 0.3) is 11.1 Å². The summed E-state index contributed by atoms with van der Waals surface area (Å²) in [6, 6.07) is 16.4. The van der Waals surface area contributed by atoms with Gasteiger partial charge in [0.2, 0.25) is 5.91 Å². The third-order valence-electron chi connectivity index (χ3n) is 7.36. The van der Waals surface area contributed by atoms with Crippen LogP contribution >= 0.6 is 0 Å². The fraction of sp³-hybridized carbons (Fsp3) is 0.464. The molecule has 4 rings (SSSR count). The molecule has 0 aliphatic heterocycles. The second kappa shape index (κ2) is 10.9. The van der Waals surface area contributed by atoms with Crippen LogP contribution in [-0.4, -0.2) is 41.8 Å². The Morgan fingerprint density at radius 1 is 0.971 bits per heavy atom. The molecule has 0 aromatic heterocycles. The number of carboxylic acid groups (broad SMARTS) is 1. The number of ether oxygens (including phenoxy) is 1. The molecule has 2 amide bonds. The summed E-state index contributed by atoms with van der Waals surface area (Å²) in [7, 11) is 0. The lowest BCUT2D eigenvalue weighted by Gasteiger charge is -2.36. The fourth-order valence-electron chi connectivity index (χ4n) is 5.23. The first-order chi connectivity index (χ1) is 16.9. The molecule has 1 fully saturated rings. The van der Waals surface area contributed by atoms with Crippen molar-refractivity contribution >= 4 is 18.0 Å². The molecule has 7 nitrogen and oxygen atoms in total. The highest BCUT2D eigenvalue weighted by atomic mass is 16.5. The van der Waals surface area contributed by atoms with Crippen LogP contribution < -0.4 is 10.6 Å². The molecule has 0 spiro atoms. The van der Waals surface area contributed by atoms with Crippen molar-refractivity contribution in [3.63, 3.8) is 0 Å². The van der Waals surface area contributed by atoms with E-state index >= 15 is 0 Å². The zero-order valence-electron chi connectivity index (χ0n) is 20.2. The van der Waals surface area contributed by atoms with E-state index in [9.17, 15) is 19.5 Å². The second-order valence-corrected chi connectivity index (χ2v) is 9.83. The van der Waals surface area contributed by atoms with E-state index < -0.39 is 17.6 Å². The maximum atomic E-state index is 12.4. The van der Waals surface area contributed by atoms with E-state index in [2.05, 4.69) is 41.8 Å². The topological polar surface area (TPSA) is 105 Å². The monoisotopic (exact) mass is 478 g/mol. The Morgan fingerprint density at radius 2 is 1.57 bits per heavy atom. The van der Waals surface area contributed by atoms with E-state index in [4.69, 9.17) is 4.74 Å². The summed E-state index contributed by atoms with van der Waals surface area (Å²) in [5.74, 6) is -0.692. The number of hydrogen-bond acceptors (Lipinski definition) is 4. The number of benzene rings is 2.